The van der Waals surface area contributed by atoms with Crippen molar-refractivity contribution < 1.29 is 98.3 Å². The van der Waals surface area contributed by atoms with E-state index in [0.29, 0.717) is 0 Å². The van der Waals surface area contributed by atoms with Gasteiger partial charge in [0.15, 0.2) is 12.6 Å². The van der Waals surface area contributed by atoms with E-state index < -0.39 is 148 Å². The fourth-order valence-corrected chi connectivity index (χ4v) is 5.69. The molecule has 49 heavy (non-hydrogen) atoms. The summed E-state index contributed by atoms with van der Waals surface area (Å²) in [6, 6.07) is -3.07. The molecule has 3 rings (SSSR count). The van der Waals surface area contributed by atoms with Gasteiger partial charge in [0.05, 0.1) is 25.7 Å². The summed E-state index contributed by atoms with van der Waals surface area (Å²) >= 11 is 0. The molecule has 0 aliphatic carbocycles. The number of nitrogens with one attached hydrogen (secondary N) is 1. The molecule has 0 aromatic carbocycles. The van der Waals surface area contributed by atoms with Gasteiger partial charge in [0.1, 0.15) is 79.8 Å². The molecular formula is C27H44N2O20. The van der Waals surface area contributed by atoms with E-state index in [9.17, 15) is 65.1 Å². The maximum atomic E-state index is 12.8. The van der Waals surface area contributed by atoms with Crippen LogP contribution in [0.4, 0.5) is 0 Å². The third-order valence-electron chi connectivity index (χ3n) is 8.12. The van der Waals surface area contributed by atoms with Crippen molar-refractivity contribution in [1.82, 2.24) is 5.32 Å². The zero-order valence-corrected chi connectivity index (χ0v) is 26.6. The molecular weight excluding hydrogens is 672 g/mol. The molecule has 3 aliphatic rings. The number of carboxylic acids is 1. The van der Waals surface area contributed by atoms with E-state index in [1.54, 1.807) is 0 Å². The van der Waals surface area contributed by atoms with E-state index in [1.165, 1.54) is 0 Å². The maximum Gasteiger partial charge on any atom is 0.364 e. The molecule has 0 bridgehead atoms. The second-order valence-corrected chi connectivity index (χ2v) is 11.8. The van der Waals surface area contributed by atoms with E-state index in [4.69, 9.17) is 34.2 Å². The molecule has 1 unspecified atom stereocenters. The lowest BCUT2D eigenvalue weighted by Crippen LogP contribution is -2.71. The smallest absolute Gasteiger partial charge is 0.364 e. The summed E-state index contributed by atoms with van der Waals surface area (Å²) in [6.07, 6.45) is -25.4. The number of carboxylic acid groups (broad SMARTS) is 1. The van der Waals surface area contributed by atoms with Gasteiger partial charge in [-0.05, 0) is 0 Å². The van der Waals surface area contributed by atoms with Crippen molar-refractivity contribution in [3.8, 4) is 0 Å². The zero-order chi connectivity index (χ0) is 37.0. The minimum absolute atomic E-state index is 0.723. The molecule has 3 fully saturated rings. The number of aliphatic hydroxyl groups is 8. The highest BCUT2D eigenvalue weighted by molar-refractivity contribution is 5.76. The van der Waals surface area contributed by atoms with Gasteiger partial charge in [-0.2, -0.15) is 0 Å². The molecule has 0 aromatic rings. The standard InChI is InChI=1S/C27H44N2O20/c1-8(32)29-16-22(18(37)13(5-30)45-24(16)40)47-25-20(39)23(19(38)14(6-31)46-25)49-27(26(41)42)4-12(44-10(3)34)15(28)21(48-27)17(36)11(35)7-43-9(2)33/h11-25,30-31,35-40H,4-7,28H2,1-3H3,(H,29,32)(H,41,42)/t11-,12+,13-,14-,15-,16-,17-,18+,19+,20-,21-,22-,23+,24?,25+,27+/m1/s1. The summed E-state index contributed by atoms with van der Waals surface area (Å²) in [5.74, 6) is -7.52. The van der Waals surface area contributed by atoms with E-state index >= 15 is 0 Å². The highest BCUT2D eigenvalue weighted by Gasteiger charge is 2.60. The average Bonchev–Trinajstić information content (AvgIpc) is 3.02. The lowest BCUT2D eigenvalue weighted by atomic mass is 9.88. The molecule has 1 amide bonds. The molecule has 0 aromatic heterocycles. The van der Waals surface area contributed by atoms with Crippen molar-refractivity contribution in [3.05, 3.63) is 0 Å². The number of carbonyl (C=O) groups is 4. The number of ether oxygens (including phenoxy) is 7. The third-order valence-corrected chi connectivity index (χ3v) is 8.12. The number of esters is 2. The second kappa shape index (κ2) is 17.0. The van der Waals surface area contributed by atoms with Gasteiger partial charge in [0.2, 0.25) is 5.91 Å². The molecule has 22 nitrogen and oxygen atoms in total. The van der Waals surface area contributed by atoms with Crippen molar-refractivity contribution in [2.75, 3.05) is 19.8 Å². The van der Waals surface area contributed by atoms with Crippen LogP contribution in [-0.4, -0.2) is 187 Å². The predicted octanol–water partition coefficient (Wildman–Crippen LogP) is -7.12. The number of hydrogen-bond donors (Lipinski definition) is 11. The van der Waals surface area contributed by atoms with Crippen LogP contribution in [0.3, 0.4) is 0 Å². The number of amides is 1. The van der Waals surface area contributed by atoms with Crippen molar-refractivity contribution in [1.29, 1.82) is 0 Å². The SMILES string of the molecule is CC(=O)N[C@H]1C(O)O[C@H](CO)[C@H](O)[C@@H]1O[C@@H]1O[C@H](CO)[C@H](O)[C@H](O[C@]2(C(=O)O)C[C@H](OC(C)=O)[C@@H](N)[C@H]([C@H](O)[C@H](O)COC(C)=O)O2)[C@H]1O. The monoisotopic (exact) mass is 716 g/mol. The van der Waals surface area contributed by atoms with Gasteiger partial charge in [-0.3, -0.25) is 14.4 Å². The molecule has 3 aliphatic heterocycles. The lowest BCUT2D eigenvalue weighted by molar-refractivity contribution is -0.380. The summed E-state index contributed by atoms with van der Waals surface area (Å²) < 4.78 is 37.4. The Balaban J connectivity index is 1.99. The number of hydrogen-bond acceptors (Lipinski definition) is 20. The summed E-state index contributed by atoms with van der Waals surface area (Å²) in [5, 5.41) is 97.2. The van der Waals surface area contributed by atoms with E-state index in [0.717, 1.165) is 20.8 Å². The summed E-state index contributed by atoms with van der Waals surface area (Å²) in [5.41, 5.74) is 6.14. The van der Waals surface area contributed by atoms with Crippen LogP contribution in [0, 0.1) is 0 Å². The summed E-state index contributed by atoms with van der Waals surface area (Å²) in [4.78, 5) is 47.8. The number of rotatable bonds is 13. The number of aliphatic hydroxyl groups excluding tert-OH is 8. The van der Waals surface area contributed by atoms with Crippen molar-refractivity contribution in [3.63, 3.8) is 0 Å². The first-order valence-corrected chi connectivity index (χ1v) is 15.1. The number of aliphatic carboxylic acids is 1. The quantitative estimate of drug-likeness (QED) is 0.0788. The Labute approximate surface area is 278 Å². The first-order chi connectivity index (χ1) is 22.9. The summed E-state index contributed by atoms with van der Waals surface area (Å²) in [6.45, 7) is 0.414. The van der Waals surface area contributed by atoms with Gasteiger partial charge in [0.25, 0.3) is 5.79 Å². The number of carbonyl (C=O) groups excluding carboxylic acids is 3. The topological polar surface area (TPSA) is 353 Å². The van der Waals surface area contributed by atoms with Gasteiger partial charge < -0.3 is 90.2 Å². The highest BCUT2D eigenvalue weighted by Crippen LogP contribution is 2.38. The van der Waals surface area contributed by atoms with E-state index in [2.05, 4.69) is 10.1 Å². The lowest BCUT2D eigenvalue weighted by Gasteiger charge is -2.50. The van der Waals surface area contributed by atoms with Gasteiger partial charge in [-0.15, -0.1) is 0 Å². The van der Waals surface area contributed by atoms with Crippen LogP contribution in [0.1, 0.15) is 27.2 Å². The molecule has 3 heterocycles. The van der Waals surface area contributed by atoms with Crippen molar-refractivity contribution in [2.45, 2.75) is 125 Å². The Morgan fingerprint density at radius 3 is 2.04 bits per heavy atom. The van der Waals surface area contributed by atoms with Gasteiger partial charge in [-0.1, -0.05) is 0 Å². The van der Waals surface area contributed by atoms with Gasteiger partial charge >= 0.3 is 17.9 Å². The third kappa shape index (κ3) is 9.36. The maximum absolute atomic E-state index is 12.8. The highest BCUT2D eigenvalue weighted by atomic mass is 16.8. The van der Waals surface area contributed by atoms with Crippen LogP contribution >= 0.6 is 0 Å². The van der Waals surface area contributed by atoms with Crippen LogP contribution in [0.25, 0.3) is 0 Å². The summed E-state index contributed by atoms with van der Waals surface area (Å²) in [7, 11) is 0. The fourth-order valence-electron chi connectivity index (χ4n) is 5.69. The van der Waals surface area contributed by atoms with Crippen LogP contribution in [0.2, 0.25) is 0 Å². The van der Waals surface area contributed by atoms with Gasteiger partial charge in [-0.25, -0.2) is 4.79 Å². The Morgan fingerprint density at radius 2 is 1.51 bits per heavy atom. The normalized spacial score (nSPS) is 40.9. The molecule has 0 saturated carbocycles. The first kappa shape index (κ1) is 40.7. The molecule has 282 valence electrons. The molecule has 0 spiro atoms. The Bertz CT molecular complexity index is 1160. The van der Waals surface area contributed by atoms with Crippen molar-refractivity contribution >= 4 is 23.8 Å². The minimum atomic E-state index is -3.04. The molecule has 0 radical (unpaired) electrons. The van der Waals surface area contributed by atoms with Crippen LogP contribution in [0.5, 0.6) is 0 Å². The molecule has 3 saturated heterocycles. The van der Waals surface area contributed by atoms with Crippen LogP contribution in [0.15, 0.2) is 0 Å². The fraction of sp³-hybridized carbons (Fsp3) is 0.852. The van der Waals surface area contributed by atoms with Crippen LogP contribution < -0.4 is 11.1 Å². The largest absolute Gasteiger partial charge is 0.477 e. The molecule has 22 heteroatoms. The van der Waals surface area contributed by atoms with E-state index in [1.807, 2.05) is 0 Å². The van der Waals surface area contributed by atoms with E-state index in [-0.39, 0.29) is 0 Å². The zero-order valence-electron chi connectivity index (χ0n) is 26.6. The van der Waals surface area contributed by atoms with Gasteiger partial charge in [0, 0.05) is 20.8 Å². The molecule has 16 atom stereocenters. The Morgan fingerprint density at radius 1 is 0.918 bits per heavy atom. The average molecular weight is 717 g/mol. The Hall–Kier alpha value is -2.68. The first-order valence-electron chi connectivity index (χ1n) is 15.1. The predicted molar refractivity (Wildman–Crippen MR) is 151 cm³/mol. The number of nitrogens with two attached hydrogens (primary N) is 1. The minimum Gasteiger partial charge on any atom is -0.477 e. The second-order valence-electron chi connectivity index (χ2n) is 11.8. The van der Waals surface area contributed by atoms with Crippen LogP contribution in [-0.2, 0) is 52.3 Å². The molecule has 12 N–H and O–H groups in total. The van der Waals surface area contributed by atoms with Crippen molar-refractivity contribution in [2.24, 2.45) is 5.73 Å². The Kier molecular flexibility index (Phi) is 14.2.